The van der Waals surface area contributed by atoms with Gasteiger partial charge in [-0.25, -0.2) is 4.68 Å². The molecule has 0 radical (unpaired) electrons. The number of rotatable bonds is 5. The Labute approximate surface area is 121 Å². The monoisotopic (exact) mass is 294 g/mol. The zero-order valence-corrected chi connectivity index (χ0v) is 12.8. The summed E-state index contributed by atoms with van der Waals surface area (Å²) in [6, 6.07) is 4.04. The number of anilines is 1. The minimum absolute atomic E-state index is 0.00213. The molecule has 0 saturated heterocycles. The standard InChI is InChI=1S/C13H18N4O2S/c1-8(2)16-13(12(17(18)19)10(4)15-16)14-9(3)11-6-5-7-20-11/h5-9,14H,1-4H3. The highest BCUT2D eigenvalue weighted by molar-refractivity contribution is 7.10. The Balaban J connectivity index is 2.41. The van der Waals surface area contributed by atoms with Gasteiger partial charge in [0.2, 0.25) is 5.82 Å². The molecule has 0 bridgehead atoms. The van der Waals surface area contributed by atoms with Crippen molar-refractivity contribution < 1.29 is 4.92 Å². The van der Waals surface area contributed by atoms with Crippen LogP contribution in [0.2, 0.25) is 0 Å². The van der Waals surface area contributed by atoms with E-state index in [4.69, 9.17) is 0 Å². The summed E-state index contributed by atoms with van der Waals surface area (Å²) in [7, 11) is 0. The van der Waals surface area contributed by atoms with Crippen molar-refractivity contribution in [3.05, 3.63) is 38.2 Å². The molecular weight excluding hydrogens is 276 g/mol. The third-order valence-electron chi connectivity index (χ3n) is 3.05. The topological polar surface area (TPSA) is 73.0 Å². The number of nitrogens with one attached hydrogen (secondary N) is 1. The van der Waals surface area contributed by atoms with E-state index in [1.54, 1.807) is 22.9 Å². The molecule has 0 aliphatic carbocycles. The number of aryl methyl sites for hydroxylation is 1. The molecule has 2 aromatic rings. The Morgan fingerprint density at radius 1 is 1.45 bits per heavy atom. The van der Waals surface area contributed by atoms with Crippen molar-refractivity contribution in [3.8, 4) is 0 Å². The van der Waals surface area contributed by atoms with Crippen LogP contribution in [0.4, 0.5) is 11.5 Å². The molecule has 1 atom stereocenters. The van der Waals surface area contributed by atoms with Crippen LogP contribution in [-0.2, 0) is 0 Å². The van der Waals surface area contributed by atoms with Crippen LogP contribution in [0.1, 0.15) is 43.4 Å². The van der Waals surface area contributed by atoms with Gasteiger partial charge in [0.1, 0.15) is 5.69 Å². The first-order valence-electron chi connectivity index (χ1n) is 6.45. The molecule has 0 spiro atoms. The molecule has 1 unspecified atom stereocenters. The molecule has 2 aromatic heterocycles. The molecule has 2 rings (SSSR count). The average molecular weight is 294 g/mol. The molecule has 7 heteroatoms. The molecular formula is C13H18N4O2S. The van der Waals surface area contributed by atoms with Crippen LogP contribution in [0.15, 0.2) is 17.5 Å². The largest absolute Gasteiger partial charge is 0.357 e. The maximum absolute atomic E-state index is 11.3. The summed E-state index contributed by atoms with van der Waals surface area (Å²) >= 11 is 1.62. The summed E-state index contributed by atoms with van der Waals surface area (Å²) in [5.41, 5.74) is 0.492. The maximum Gasteiger partial charge on any atom is 0.333 e. The van der Waals surface area contributed by atoms with E-state index >= 15 is 0 Å². The molecule has 1 N–H and O–H groups in total. The second-order valence-electron chi connectivity index (χ2n) is 4.96. The molecule has 6 nitrogen and oxygen atoms in total. The third-order valence-corrected chi connectivity index (χ3v) is 4.10. The molecule has 0 aromatic carbocycles. The van der Waals surface area contributed by atoms with Crippen molar-refractivity contribution in [2.45, 2.75) is 39.8 Å². The van der Waals surface area contributed by atoms with Gasteiger partial charge >= 0.3 is 5.69 Å². The van der Waals surface area contributed by atoms with Gasteiger partial charge in [-0.1, -0.05) is 6.07 Å². The van der Waals surface area contributed by atoms with Crippen LogP contribution in [0.25, 0.3) is 0 Å². The predicted molar refractivity (Wildman–Crippen MR) is 80.4 cm³/mol. The number of thiophene rings is 1. The maximum atomic E-state index is 11.3. The van der Waals surface area contributed by atoms with Crippen LogP contribution in [0, 0.1) is 17.0 Å². The molecule has 20 heavy (non-hydrogen) atoms. The van der Waals surface area contributed by atoms with E-state index < -0.39 is 0 Å². The van der Waals surface area contributed by atoms with E-state index in [1.165, 1.54) is 0 Å². The highest BCUT2D eigenvalue weighted by Crippen LogP contribution is 2.33. The Bertz CT molecular complexity index is 604. The number of hydrogen-bond donors (Lipinski definition) is 1. The second-order valence-corrected chi connectivity index (χ2v) is 5.94. The van der Waals surface area contributed by atoms with Crippen molar-refractivity contribution in [2.75, 3.05) is 5.32 Å². The molecule has 0 aliphatic rings. The number of nitro groups is 1. The van der Waals surface area contributed by atoms with Gasteiger partial charge in [0.15, 0.2) is 0 Å². The molecule has 108 valence electrons. The Kier molecular flexibility index (Phi) is 4.08. The molecule has 0 aliphatic heterocycles. The van der Waals surface area contributed by atoms with Gasteiger partial charge in [0.05, 0.1) is 11.0 Å². The van der Waals surface area contributed by atoms with Gasteiger partial charge in [0, 0.05) is 10.9 Å². The minimum atomic E-state index is -0.370. The fourth-order valence-electron chi connectivity index (χ4n) is 2.08. The summed E-state index contributed by atoms with van der Waals surface area (Å²) in [6.07, 6.45) is 0. The Hall–Kier alpha value is -1.89. The lowest BCUT2D eigenvalue weighted by molar-refractivity contribution is -0.384. The van der Waals surface area contributed by atoms with Crippen LogP contribution in [-0.4, -0.2) is 14.7 Å². The summed E-state index contributed by atoms with van der Waals surface area (Å²) < 4.78 is 1.68. The molecule has 0 saturated carbocycles. The number of hydrogen-bond acceptors (Lipinski definition) is 5. The van der Waals surface area contributed by atoms with Crippen LogP contribution >= 0.6 is 11.3 Å². The average Bonchev–Trinajstić information content (AvgIpc) is 2.96. The smallest absolute Gasteiger partial charge is 0.333 e. The predicted octanol–water partition coefficient (Wildman–Crippen LogP) is 3.92. The molecule has 0 amide bonds. The quantitative estimate of drug-likeness (QED) is 0.670. The van der Waals surface area contributed by atoms with Gasteiger partial charge < -0.3 is 5.32 Å². The van der Waals surface area contributed by atoms with Gasteiger partial charge in [0.25, 0.3) is 0 Å². The molecule has 0 fully saturated rings. The van der Waals surface area contributed by atoms with Gasteiger partial charge in [-0.3, -0.25) is 10.1 Å². The SMILES string of the molecule is Cc1nn(C(C)C)c(NC(C)c2cccs2)c1[N+](=O)[O-]. The number of aromatic nitrogens is 2. The highest BCUT2D eigenvalue weighted by Gasteiger charge is 2.27. The molecule has 2 heterocycles. The van der Waals surface area contributed by atoms with Crippen molar-refractivity contribution in [1.82, 2.24) is 9.78 Å². The minimum Gasteiger partial charge on any atom is -0.357 e. The van der Waals surface area contributed by atoms with E-state index in [0.29, 0.717) is 11.5 Å². The zero-order chi connectivity index (χ0) is 14.9. The van der Waals surface area contributed by atoms with E-state index in [2.05, 4.69) is 10.4 Å². The lowest BCUT2D eigenvalue weighted by atomic mass is 10.2. The Morgan fingerprint density at radius 2 is 2.15 bits per heavy atom. The van der Waals surface area contributed by atoms with Crippen molar-refractivity contribution in [2.24, 2.45) is 0 Å². The lowest BCUT2D eigenvalue weighted by Crippen LogP contribution is -2.13. The summed E-state index contributed by atoms with van der Waals surface area (Å²) in [5, 5.41) is 20.8. The van der Waals surface area contributed by atoms with Crippen molar-refractivity contribution in [1.29, 1.82) is 0 Å². The van der Waals surface area contributed by atoms with Crippen molar-refractivity contribution in [3.63, 3.8) is 0 Å². The highest BCUT2D eigenvalue weighted by atomic mass is 32.1. The first kappa shape index (κ1) is 14.5. The Morgan fingerprint density at radius 3 is 2.65 bits per heavy atom. The van der Waals surface area contributed by atoms with Crippen LogP contribution < -0.4 is 5.32 Å². The summed E-state index contributed by atoms with van der Waals surface area (Å²) in [4.78, 5) is 12.0. The lowest BCUT2D eigenvalue weighted by Gasteiger charge is -2.16. The second kappa shape index (κ2) is 5.62. The van der Waals surface area contributed by atoms with Gasteiger partial charge in [-0.2, -0.15) is 5.10 Å². The summed E-state index contributed by atoms with van der Waals surface area (Å²) in [6.45, 7) is 7.56. The van der Waals surface area contributed by atoms with Crippen LogP contribution in [0.5, 0.6) is 0 Å². The fraction of sp³-hybridized carbons (Fsp3) is 0.462. The first-order chi connectivity index (χ1) is 9.41. The first-order valence-corrected chi connectivity index (χ1v) is 7.33. The van der Waals surface area contributed by atoms with E-state index in [0.717, 1.165) is 4.88 Å². The number of nitrogens with zero attached hydrogens (tertiary/aromatic N) is 3. The van der Waals surface area contributed by atoms with E-state index in [9.17, 15) is 10.1 Å². The third kappa shape index (κ3) is 2.67. The fourth-order valence-corrected chi connectivity index (χ4v) is 2.81. The normalized spacial score (nSPS) is 12.7. The van der Waals surface area contributed by atoms with E-state index in [-0.39, 0.29) is 22.7 Å². The van der Waals surface area contributed by atoms with E-state index in [1.807, 2.05) is 38.3 Å². The summed E-state index contributed by atoms with van der Waals surface area (Å²) in [5.74, 6) is 0.475. The van der Waals surface area contributed by atoms with Gasteiger partial charge in [-0.15, -0.1) is 11.3 Å². The van der Waals surface area contributed by atoms with Gasteiger partial charge in [-0.05, 0) is 39.1 Å². The zero-order valence-electron chi connectivity index (χ0n) is 12.0. The van der Waals surface area contributed by atoms with Crippen LogP contribution in [0.3, 0.4) is 0 Å². The van der Waals surface area contributed by atoms with Crippen molar-refractivity contribution >= 4 is 22.8 Å².